The van der Waals surface area contributed by atoms with Gasteiger partial charge in [-0.25, -0.2) is 0 Å². The number of benzene rings is 1. The van der Waals surface area contributed by atoms with Crippen LogP contribution in [0.25, 0.3) is 11.3 Å². The molecular weight excluding hydrogens is 390 g/mol. The molecule has 1 aliphatic heterocycles. The quantitative estimate of drug-likeness (QED) is 0.703. The average molecular weight is 422 g/mol. The number of nitrogens with zero attached hydrogens (tertiary/aromatic N) is 1. The molecular formula is C25H31N3O3. The van der Waals surface area contributed by atoms with Crippen molar-refractivity contribution in [2.45, 2.75) is 64.3 Å². The van der Waals surface area contributed by atoms with E-state index in [1.807, 2.05) is 18.2 Å². The largest absolute Gasteiger partial charge is 0.451 e. The minimum atomic E-state index is -0.527. The lowest BCUT2D eigenvalue weighted by molar-refractivity contribution is -0.124. The number of furan rings is 1. The molecule has 1 saturated carbocycles. The van der Waals surface area contributed by atoms with E-state index in [1.165, 1.54) is 17.7 Å². The summed E-state index contributed by atoms with van der Waals surface area (Å²) in [5.74, 6) is 0.548. The number of nitrogens with one attached hydrogen (secondary N) is 2. The minimum Gasteiger partial charge on any atom is -0.451 e. The van der Waals surface area contributed by atoms with E-state index < -0.39 is 6.04 Å². The van der Waals surface area contributed by atoms with Crippen LogP contribution in [0.2, 0.25) is 0 Å². The summed E-state index contributed by atoms with van der Waals surface area (Å²) >= 11 is 0. The molecule has 1 aromatic carbocycles. The van der Waals surface area contributed by atoms with Gasteiger partial charge in [0.15, 0.2) is 5.76 Å². The molecule has 1 aromatic heterocycles. The van der Waals surface area contributed by atoms with Gasteiger partial charge < -0.3 is 15.1 Å². The molecule has 2 aliphatic rings. The van der Waals surface area contributed by atoms with Gasteiger partial charge in [-0.15, -0.1) is 0 Å². The van der Waals surface area contributed by atoms with Crippen molar-refractivity contribution in [3.05, 3.63) is 41.7 Å². The Balaban J connectivity index is 1.49. The topological polar surface area (TPSA) is 83.7 Å². The number of aliphatic imine (C=N–C) groups is 1. The maximum atomic E-state index is 12.9. The van der Waals surface area contributed by atoms with Gasteiger partial charge in [0.25, 0.3) is 5.91 Å². The van der Waals surface area contributed by atoms with E-state index in [2.05, 4.69) is 23.6 Å². The summed E-state index contributed by atoms with van der Waals surface area (Å²) in [6, 6.07) is 9.07. The number of rotatable bonds is 6. The summed E-state index contributed by atoms with van der Waals surface area (Å²) in [5.41, 5.74) is 4.40. The molecule has 6 nitrogen and oxygen atoms in total. The van der Waals surface area contributed by atoms with Gasteiger partial charge in [-0.05, 0) is 73.9 Å². The molecule has 0 radical (unpaired) electrons. The molecule has 31 heavy (non-hydrogen) atoms. The predicted octanol–water partition coefficient (Wildman–Crippen LogP) is 4.80. The summed E-state index contributed by atoms with van der Waals surface area (Å²) in [5, 5.41) is 5.61. The van der Waals surface area contributed by atoms with Crippen LogP contribution in [0.4, 0.5) is 5.69 Å². The van der Waals surface area contributed by atoms with E-state index in [9.17, 15) is 9.59 Å². The summed E-state index contributed by atoms with van der Waals surface area (Å²) in [6.07, 6.45) is 8.24. The molecule has 1 unspecified atom stereocenters. The second-order valence-electron chi connectivity index (χ2n) is 8.50. The molecule has 4 rings (SSSR count). The van der Waals surface area contributed by atoms with Crippen LogP contribution in [-0.4, -0.2) is 30.6 Å². The predicted molar refractivity (Wildman–Crippen MR) is 122 cm³/mol. The smallest absolute Gasteiger partial charge is 0.287 e. The van der Waals surface area contributed by atoms with Crippen LogP contribution in [0.1, 0.15) is 68.0 Å². The molecule has 2 amide bonds. The Morgan fingerprint density at radius 2 is 1.94 bits per heavy atom. The van der Waals surface area contributed by atoms with Gasteiger partial charge in [-0.2, -0.15) is 0 Å². The fourth-order valence-corrected chi connectivity index (χ4v) is 4.66. The zero-order valence-electron chi connectivity index (χ0n) is 18.4. The van der Waals surface area contributed by atoms with Gasteiger partial charge in [-0.1, -0.05) is 26.2 Å². The third kappa shape index (κ3) is 4.73. The van der Waals surface area contributed by atoms with Crippen molar-refractivity contribution in [1.29, 1.82) is 0 Å². The Kier molecular flexibility index (Phi) is 6.54. The first-order valence-electron chi connectivity index (χ1n) is 11.4. The number of hydrogen-bond donors (Lipinski definition) is 2. The van der Waals surface area contributed by atoms with Gasteiger partial charge in [0.2, 0.25) is 5.91 Å². The van der Waals surface area contributed by atoms with E-state index in [1.54, 1.807) is 13.1 Å². The summed E-state index contributed by atoms with van der Waals surface area (Å²) < 4.78 is 5.89. The average Bonchev–Trinajstić information content (AvgIpc) is 3.32. The maximum absolute atomic E-state index is 12.9. The highest BCUT2D eigenvalue weighted by atomic mass is 16.4. The standard InChI is InChI=1S/C25H31N3O3/c1-3-19-11-9-17-15-18(10-12-20(17)27-19)21-13-14-22(31-21)24(29)28-23(25(30)26-2)16-7-5-4-6-8-16/h10,12-16,23H,3-9,11H2,1-2H3,(H,26,30)(H,28,29). The molecule has 0 spiro atoms. The Labute approximate surface area is 183 Å². The lowest BCUT2D eigenvalue weighted by Crippen LogP contribution is -2.50. The highest BCUT2D eigenvalue weighted by Crippen LogP contribution is 2.32. The summed E-state index contributed by atoms with van der Waals surface area (Å²) in [7, 11) is 1.61. The van der Waals surface area contributed by atoms with Crippen molar-refractivity contribution in [3.63, 3.8) is 0 Å². The molecule has 2 heterocycles. The fraction of sp³-hybridized carbons (Fsp3) is 0.480. The van der Waals surface area contributed by atoms with Gasteiger partial charge in [0.1, 0.15) is 11.8 Å². The van der Waals surface area contributed by atoms with Crippen molar-refractivity contribution in [2.24, 2.45) is 10.9 Å². The van der Waals surface area contributed by atoms with Crippen LogP contribution in [0, 0.1) is 5.92 Å². The van der Waals surface area contributed by atoms with E-state index in [4.69, 9.17) is 9.41 Å². The summed E-state index contributed by atoms with van der Waals surface area (Å²) in [4.78, 5) is 30.0. The van der Waals surface area contributed by atoms with Crippen LogP contribution in [-0.2, 0) is 11.2 Å². The van der Waals surface area contributed by atoms with Crippen LogP contribution >= 0.6 is 0 Å². The number of carbonyl (C=O) groups is 2. The Hall–Kier alpha value is -2.89. The highest BCUT2D eigenvalue weighted by molar-refractivity contribution is 5.96. The molecule has 6 heteroatoms. The van der Waals surface area contributed by atoms with Crippen molar-refractivity contribution in [2.75, 3.05) is 7.05 Å². The Morgan fingerprint density at radius 3 is 2.68 bits per heavy atom. The third-order valence-corrected chi connectivity index (χ3v) is 6.50. The zero-order chi connectivity index (χ0) is 21.8. The van der Waals surface area contributed by atoms with E-state index in [0.29, 0.717) is 5.76 Å². The van der Waals surface area contributed by atoms with E-state index in [-0.39, 0.29) is 23.5 Å². The molecule has 2 aromatic rings. The van der Waals surface area contributed by atoms with Gasteiger partial charge in [-0.3, -0.25) is 14.6 Å². The highest BCUT2D eigenvalue weighted by Gasteiger charge is 2.31. The van der Waals surface area contributed by atoms with Gasteiger partial charge in [0, 0.05) is 18.3 Å². The first-order valence-corrected chi connectivity index (χ1v) is 11.4. The van der Waals surface area contributed by atoms with Crippen molar-refractivity contribution >= 4 is 23.2 Å². The number of carbonyl (C=O) groups excluding carboxylic acids is 2. The fourth-order valence-electron chi connectivity index (χ4n) is 4.66. The minimum absolute atomic E-state index is 0.145. The Bertz CT molecular complexity index is 986. The summed E-state index contributed by atoms with van der Waals surface area (Å²) in [6.45, 7) is 2.14. The zero-order valence-corrected chi connectivity index (χ0v) is 18.4. The number of likely N-dealkylation sites (N-methyl/N-ethyl adjacent to an activating group) is 1. The molecule has 164 valence electrons. The molecule has 0 saturated heterocycles. The Morgan fingerprint density at radius 1 is 1.13 bits per heavy atom. The van der Waals surface area contributed by atoms with E-state index >= 15 is 0 Å². The number of aryl methyl sites for hydroxylation is 1. The van der Waals surface area contributed by atoms with Crippen LogP contribution in [0.5, 0.6) is 0 Å². The number of hydrogen-bond acceptors (Lipinski definition) is 4. The molecule has 1 atom stereocenters. The molecule has 2 N–H and O–H groups in total. The van der Waals surface area contributed by atoms with Gasteiger partial charge in [0.05, 0.1) is 5.69 Å². The van der Waals surface area contributed by atoms with E-state index in [0.717, 1.165) is 56.2 Å². The van der Waals surface area contributed by atoms with Crippen LogP contribution in [0.15, 0.2) is 39.7 Å². The second-order valence-corrected chi connectivity index (χ2v) is 8.50. The molecule has 1 aliphatic carbocycles. The second kappa shape index (κ2) is 9.50. The maximum Gasteiger partial charge on any atom is 0.287 e. The molecule has 0 bridgehead atoms. The molecule has 1 fully saturated rings. The number of fused-ring (bicyclic) bond motifs is 1. The monoisotopic (exact) mass is 421 g/mol. The first kappa shape index (κ1) is 21.3. The van der Waals surface area contributed by atoms with Crippen molar-refractivity contribution in [3.8, 4) is 11.3 Å². The van der Waals surface area contributed by atoms with Crippen LogP contribution in [0.3, 0.4) is 0 Å². The third-order valence-electron chi connectivity index (χ3n) is 6.50. The van der Waals surface area contributed by atoms with Crippen LogP contribution < -0.4 is 10.6 Å². The normalized spacial score (nSPS) is 17.4. The number of amides is 2. The van der Waals surface area contributed by atoms with Gasteiger partial charge >= 0.3 is 0 Å². The lowest BCUT2D eigenvalue weighted by atomic mass is 9.83. The lowest BCUT2D eigenvalue weighted by Gasteiger charge is -2.29. The van der Waals surface area contributed by atoms with Crippen molar-refractivity contribution < 1.29 is 14.0 Å². The van der Waals surface area contributed by atoms with Crippen molar-refractivity contribution in [1.82, 2.24) is 10.6 Å². The first-order chi connectivity index (χ1) is 15.1. The SMILES string of the molecule is CCC1=Nc2ccc(-c3ccc(C(=O)NC(C(=O)NC)C4CCCCC4)o3)cc2CC1.